The first kappa shape index (κ1) is 13.0. The maximum Gasteiger partial charge on any atom is 0.396 e. The molecule has 0 saturated carbocycles. The molecule has 0 amide bonds. The third-order valence-electron chi connectivity index (χ3n) is 2.63. The van der Waals surface area contributed by atoms with Crippen LogP contribution >= 0.6 is 11.3 Å². The van der Waals surface area contributed by atoms with E-state index in [4.69, 9.17) is 0 Å². The molecule has 0 aliphatic heterocycles. The van der Waals surface area contributed by atoms with Crippen LogP contribution in [0.3, 0.4) is 0 Å². The van der Waals surface area contributed by atoms with Gasteiger partial charge in [-0.1, -0.05) is 0 Å². The van der Waals surface area contributed by atoms with Crippen LogP contribution in [0, 0.1) is 6.92 Å². The topological polar surface area (TPSA) is 25.8 Å². The van der Waals surface area contributed by atoms with Crippen molar-refractivity contribution in [2.45, 2.75) is 25.9 Å². The molecule has 0 aromatic carbocycles. The summed E-state index contributed by atoms with van der Waals surface area (Å²) < 4.78 is 38.1. The molecule has 2 heterocycles. The van der Waals surface area contributed by atoms with Crippen molar-refractivity contribution in [3.63, 3.8) is 0 Å². The summed E-state index contributed by atoms with van der Waals surface area (Å²) in [5.74, 6) is -1.49. The Bertz CT molecular complexity index is 534. The second-order valence-corrected chi connectivity index (χ2v) is 5.00. The van der Waals surface area contributed by atoms with Gasteiger partial charge < -0.3 is 0 Å². The van der Waals surface area contributed by atoms with Gasteiger partial charge in [0.05, 0.1) is 11.6 Å². The molecule has 0 bridgehead atoms. The second-order valence-electron chi connectivity index (χ2n) is 3.97. The molecule has 2 rings (SSSR count). The lowest BCUT2D eigenvalue weighted by atomic mass is 10.1. The van der Waals surface area contributed by atoms with Crippen LogP contribution in [0.5, 0.6) is 0 Å². The van der Waals surface area contributed by atoms with Gasteiger partial charge in [-0.3, -0.25) is 4.98 Å². The molecule has 2 aromatic heterocycles. The number of nitrogens with zero attached hydrogens (tertiary/aromatic N) is 2. The summed E-state index contributed by atoms with van der Waals surface area (Å²) in [6, 6.07) is 3.52. The minimum atomic E-state index is -4.23. The first-order valence-electron chi connectivity index (χ1n) is 5.34. The van der Waals surface area contributed by atoms with E-state index in [9.17, 15) is 13.2 Å². The highest BCUT2D eigenvalue weighted by Crippen LogP contribution is 2.40. The molecule has 0 N–H and O–H groups in total. The molecule has 0 saturated heterocycles. The summed E-state index contributed by atoms with van der Waals surface area (Å²) in [6.07, 6.45) is -1.02. The van der Waals surface area contributed by atoms with Crippen molar-refractivity contribution in [2.75, 3.05) is 0 Å². The zero-order chi connectivity index (χ0) is 13.3. The molecule has 96 valence electrons. The maximum absolute atomic E-state index is 12.7. The molecule has 0 fully saturated rings. The molecule has 0 radical (unpaired) electrons. The van der Waals surface area contributed by atoms with Crippen molar-refractivity contribution in [1.29, 1.82) is 0 Å². The molecule has 0 aliphatic carbocycles. The maximum atomic E-state index is 12.7. The average molecular weight is 272 g/mol. The lowest BCUT2D eigenvalue weighted by Gasteiger charge is -2.13. The Morgan fingerprint density at radius 3 is 2.61 bits per heavy atom. The van der Waals surface area contributed by atoms with Gasteiger partial charge in [0.2, 0.25) is 0 Å². The van der Waals surface area contributed by atoms with E-state index in [1.807, 2.05) is 0 Å². The lowest BCUT2D eigenvalue weighted by molar-refractivity contribution is -0.145. The van der Waals surface area contributed by atoms with Crippen LogP contribution in [0.1, 0.15) is 23.4 Å². The second kappa shape index (κ2) is 4.68. The van der Waals surface area contributed by atoms with Gasteiger partial charge in [0.1, 0.15) is 5.01 Å². The monoisotopic (exact) mass is 272 g/mol. The van der Waals surface area contributed by atoms with Gasteiger partial charge in [-0.25, -0.2) is 4.98 Å². The number of hydrogen-bond donors (Lipinski definition) is 0. The summed E-state index contributed by atoms with van der Waals surface area (Å²) in [7, 11) is 0. The number of halogens is 3. The third-order valence-corrected chi connectivity index (χ3v) is 4.01. The number of thiazole rings is 1. The van der Waals surface area contributed by atoms with Crippen LogP contribution in [0.15, 0.2) is 24.5 Å². The van der Waals surface area contributed by atoms with Crippen LogP contribution < -0.4 is 0 Å². The fraction of sp³-hybridized carbons (Fsp3) is 0.333. The van der Waals surface area contributed by atoms with Crippen LogP contribution in [0.4, 0.5) is 13.2 Å². The first-order chi connectivity index (χ1) is 8.39. The minimum Gasteiger partial charge on any atom is -0.264 e. The minimum absolute atomic E-state index is 0.265. The predicted octanol–water partition coefficient (Wildman–Crippen LogP) is 4.18. The van der Waals surface area contributed by atoms with E-state index in [-0.39, 0.29) is 4.88 Å². The summed E-state index contributed by atoms with van der Waals surface area (Å²) in [5, 5.41) is 0.576. The molecular formula is C12H11F3N2S. The Hall–Kier alpha value is -1.43. The van der Waals surface area contributed by atoms with Crippen molar-refractivity contribution < 1.29 is 13.2 Å². The summed E-state index contributed by atoms with van der Waals surface area (Å²) >= 11 is 1.08. The van der Waals surface area contributed by atoms with Crippen LogP contribution in [-0.2, 0) is 0 Å². The number of aromatic nitrogens is 2. The Kier molecular flexibility index (Phi) is 3.38. The van der Waals surface area contributed by atoms with Gasteiger partial charge in [0, 0.05) is 22.8 Å². The predicted molar refractivity (Wildman–Crippen MR) is 64.6 cm³/mol. The summed E-state index contributed by atoms with van der Waals surface area (Å²) in [4.78, 5) is 8.40. The zero-order valence-corrected chi connectivity index (χ0v) is 10.6. The Labute approximate surface area is 107 Å². The van der Waals surface area contributed by atoms with E-state index in [0.29, 0.717) is 10.7 Å². The number of rotatable bonds is 2. The van der Waals surface area contributed by atoms with E-state index < -0.39 is 12.1 Å². The van der Waals surface area contributed by atoms with Crippen molar-refractivity contribution in [2.24, 2.45) is 0 Å². The summed E-state index contributed by atoms with van der Waals surface area (Å²) in [5.41, 5.74) is 1.18. The van der Waals surface area contributed by atoms with Crippen LogP contribution in [0.2, 0.25) is 0 Å². The lowest BCUT2D eigenvalue weighted by Crippen LogP contribution is -2.17. The molecule has 2 aromatic rings. The smallest absolute Gasteiger partial charge is 0.264 e. The molecular weight excluding hydrogens is 261 g/mol. The molecule has 1 atom stereocenters. The largest absolute Gasteiger partial charge is 0.396 e. The van der Waals surface area contributed by atoms with Gasteiger partial charge in [0.15, 0.2) is 0 Å². The molecule has 18 heavy (non-hydrogen) atoms. The molecule has 6 heteroatoms. The van der Waals surface area contributed by atoms with E-state index in [1.165, 1.54) is 0 Å². The number of hydrogen-bond acceptors (Lipinski definition) is 3. The van der Waals surface area contributed by atoms with E-state index >= 15 is 0 Å². The van der Waals surface area contributed by atoms with Gasteiger partial charge in [-0.2, -0.15) is 13.2 Å². The van der Waals surface area contributed by atoms with Crippen molar-refractivity contribution in [1.82, 2.24) is 9.97 Å². The van der Waals surface area contributed by atoms with E-state index in [2.05, 4.69) is 9.97 Å². The summed E-state index contributed by atoms with van der Waals surface area (Å²) in [6.45, 7) is 2.77. The van der Waals surface area contributed by atoms with Gasteiger partial charge in [-0.15, -0.1) is 11.3 Å². The van der Waals surface area contributed by atoms with Gasteiger partial charge in [-0.05, 0) is 26.0 Å². The number of aryl methyl sites for hydroxylation is 1. The highest BCUT2D eigenvalue weighted by atomic mass is 32.1. The molecule has 2 nitrogen and oxygen atoms in total. The molecule has 1 unspecified atom stereocenters. The number of alkyl halides is 3. The highest BCUT2D eigenvalue weighted by molar-refractivity contribution is 7.15. The average Bonchev–Trinajstić information content (AvgIpc) is 2.70. The zero-order valence-electron chi connectivity index (χ0n) is 9.82. The Morgan fingerprint density at radius 1 is 1.33 bits per heavy atom. The Morgan fingerprint density at radius 2 is 2.06 bits per heavy atom. The van der Waals surface area contributed by atoms with Gasteiger partial charge >= 0.3 is 6.18 Å². The van der Waals surface area contributed by atoms with Crippen molar-refractivity contribution >= 4 is 11.3 Å². The normalized spacial score (nSPS) is 13.6. The molecule has 0 aliphatic rings. The van der Waals surface area contributed by atoms with Crippen molar-refractivity contribution in [3.8, 4) is 10.6 Å². The highest BCUT2D eigenvalue weighted by Gasteiger charge is 2.39. The number of pyridine rings is 1. The van der Waals surface area contributed by atoms with Crippen LogP contribution in [0.25, 0.3) is 10.6 Å². The van der Waals surface area contributed by atoms with Crippen LogP contribution in [-0.4, -0.2) is 16.1 Å². The quantitative estimate of drug-likeness (QED) is 0.819. The molecule has 0 spiro atoms. The van der Waals surface area contributed by atoms with Crippen molar-refractivity contribution in [3.05, 3.63) is 35.1 Å². The first-order valence-corrected chi connectivity index (χ1v) is 6.15. The van der Waals surface area contributed by atoms with Gasteiger partial charge in [0.25, 0.3) is 0 Å². The third kappa shape index (κ3) is 2.53. The fourth-order valence-corrected chi connectivity index (χ4v) is 2.70. The fourth-order valence-electron chi connectivity index (χ4n) is 1.57. The van der Waals surface area contributed by atoms with E-state index in [0.717, 1.165) is 23.8 Å². The Balaban J connectivity index is 2.39. The van der Waals surface area contributed by atoms with E-state index in [1.54, 1.807) is 31.5 Å². The standard InChI is InChI=1S/C12H11F3N2S/c1-7(12(13,14)15)10-8(2)17-11(18-10)9-4-3-5-16-6-9/h3-7H,1-2H3. The SMILES string of the molecule is Cc1nc(-c2cccnc2)sc1C(C)C(F)(F)F.